The molecule has 0 saturated carbocycles. The van der Waals surface area contributed by atoms with Crippen LogP contribution in [0, 0.1) is 15.9 Å². The van der Waals surface area contributed by atoms with E-state index in [1.807, 2.05) is 0 Å². The van der Waals surface area contributed by atoms with Crippen molar-refractivity contribution in [1.82, 2.24) is 0 Å². The zero-order valence-electron chi connectivity index (χ0n) is 13.4. The van der Waals surface area contributed by atoms with Crippen LogP contribution in [0.3, 0.4) is 0 Å². The molecule has 0 spiro atoms. The highest BCUT2D eigenvalue weighted by atomic mass is 79.9. The highest BCUT2D eigenvalue weighted by molar-refractivity contribution is 9.10. The molecule has 7 nitrogen and oxygen atoms in total. The molecule has 3 rings (SSSR count). The third-order valence-corrected chi connectivity index (χ3v) is 4.68. The molecule has 0 aromatic heterocycles. The molecule has 0 saturated heterocycles. The van der Waals surface area contributed by atoms with E-state index in [-0.39, 0.29) is 23.4 Å². The Morgan fingerprint density at radius 3 is 2.73 bits per heavy atom. The number of fused-ring (bicyclic) bond motifs is 1. The van der Waals surface area contributed by atoms with Crippen molar-refractivity contribution in [2.75, 3.05) is 5.32 Å². The predicted octanol–water partition coefficient (Wildman–Crippen LogP) is 3.61. The summed E-state index contributed by atoms with van der Waals surface area (Å²) in [6, 6.07) is 7.51. The van der Waals surface area contributed by atoms with Crippen molar-refractivity contribution in [3.8, 4) is 0 Å². The van der Waals surface area contributed by atoms with Crippen LogP contribution >= 0.6 is 15.9 Å². The van der Waals surface area contributed by atoms with Gasteiger partial charge in [0.25, 0.3) is 11.6 Å². The second-order valence-electron chi connectivity index (χ2n) is 5.97. The van der Waals surface area contributed by atoms with Gasteiger partial charge in [0.2, 0.25) is 0 Å². The van der Waals surface area contributed by atoms with E-state index < -0.39 is 28.2 Å². The van der Waals surface area contributed by atoms with E-state index in [0.717, 1.165) is 6.07 Å². The fourth-order valence-corrected chi connectivity index (χ4v) is 3.13. The molecule has 1 N–H and O–H groups in total. The van der Waals surface area contributed by atoms with E-state index in [2.05, 4.69) is 21.2 Å². The Hall–Kier alpha value is -2.81. The van der Waals surface area contributed by atoms with Crippen LogP contribution in [0.15, 0.2) is 40.9 Å². The predicted molar refractivity (Wildman–Crippen MR) is 93.4 cm³/mol. The lowest BCUT2D eigenvalue weighted by molar-refractivity contribution is -0.384. The van der Waals surface area contributed by atoms with Gasteiger partial charge in [0.15, 0.2) is 5.60 Å². The van der Waals surface area contributed by atoms with Gasteiger partial charge in [-0.3, -0.25) is 14.9 Å². The summed E-state index contributed by atoms with van der Waals surface area (Å²) in [5, 5.41) is 13.3. The van der Waals surface area contributed by atoms with Crippen LogP contribution in [0.4, 0.5) is 15.8 Å². The van der Waals surface area contributed by atoms with Gasteiger partial charge in [0.1, 0.15) is 5.82 Å². The first kappa shape index (κ1) is 18.0. The van der Waals surface area contributed by atoms with Crippen LogP contribution in [0.2, 0.25) is 0 Å². The molecule has 1 atom stereocenters. The Kier molecular flexibility index (Phi) is 4.49. The highest BCUT2D eigenvalue weighted by Gasteiger charge is 2.43. The number of non-ortho nitro benzene ring substituents is 1. The van der Waals surface area contributed by atoms with Crippen molar-refractivity contribution >= 4 is 39.2 Å². The van der Waals surface area contributed by atoms with Gasteiger partial charge in [0.05, 0.1) is 16.2 Å². The summed E-state index contributed by atoms with van der Waals surface area (Å²) in [6.07, 6.45) is 0.00225. The minimum Gasteiger partial charge on any atom is -0.445 e. The van der Waals surface area contributed by atoms with Gasteiger partial charge in [0, 0.05) is 23.0 Å². The lowest BCUT2D eigenvalue weighted by atomic mass is 9.89. The fourth-order valence-electron chi connectivity index (χ4n) is 2.67. The largest absolute Gasteiger partial charge is 0.445 e. The topological polar surface area (TPSA) is 98.5 Å². The molecule has 0 radical (unpaired) electrons. The molecule has 0 bridgehead atoms. The van der Waals surface area contributed by atoms with Gasteiger partial charge in [-0.25, -0.2) is 9.18 Å². The van der Waals surface area contributed by atoms with Crippen molar-refractivity contribution in [3.63, 3.8) is 0 Å². The van der Waals surface area contributed by atoms with E-state index >= 15 is 0 Å². The summed E-state index contributed by atoms with van der Waals surface area (Å²) in [5.41, 5.74) is -0.814. The SMILES string of the molecule is CC1(C(=O)Nc2ccc([N+](=O)[O-])cc2Br)Cc2cc(F)ccc2C(=O)O1. The minimum absolute atomic E-state index is 0.00225. The molecule has 0 aliphatic carbocycles. The molecule has 0 fully saturated rings. The van der Waals surface area contributed by atoms with Crippen molar-refractivity contribution in [1.29, 1.82) is 0 Å². The summed E-state index contributed by atoms with van der Waals surface area (Å²) in [7, 11) is 0. The quantitative estimate of drug-likeness (QED) is 0.462. The Balaban J connectivity index is 1.86. The molecule has 9 heteroatoms. The average Bonchev–Trinajstić information content (AvgIpc) is 2.55. The monoisotopic (exact) mass is 422 g/mol. The number of hydrogen-bond donors (Lipinski definition) is 1. The average molecular weight is 423 g/mol. The lowest BCUT2D eigenvalue weighted by Crippen LogP contribution is -2.49. The smallest absolute Gasteiger partial charge is 0.339 e. The number of anilines is 1. The number of nitrogens with one attached hydrogen (secondary N) is 1. The number of nitro groups is 1. The number of nitro benzene ring substituents is 1. The molecular formula is C17H12BrFN2O5. The van der Waals surface area contributed by atoms with Crippen molar-refractivity contribution < 1.29 is 23.6 Å². The third kappa shape index (κ3) is 3.30. The van der Waals surface area contributed by atoms with Gasteiger partial charge in [-0.1, -0.05) is 0 Å². The summed E-state index contributed by atoms with van der Waals surface area (Å²) >= 11 is 3.16. The Morgan fingerprint density at radius 2 is 2.08 bits per heavy atom. The second kappa shape index (κ2) is 6.49. The Labute approximate surface area is 155 Å². The van der Waals surface area contributed by atoms with Crippen LogP contribution < -0.4 is 5.32 Å². The maximum Gasteiger partial charge on any atom is 0.339 e. The van der Waals surface area contributed by atoms with Gasteiger partial charge in [-0.2, -0.15) is 0 Å². The lowest BCUT2D eigenvalue weighted by Gasteiger charge is -2.33. The first-order chi connectivity index (χ1) is 12.2. The zero-order valence-corrected chi connectivity index (χ0v) is 15.0. The molecule has 134 valence electrons. The van der Waals surface area contributed by atoms with Crippen molar-refractivity contribution in [2.45, 2.75) is 18.9 Å². The number of ether oxygens (including phenoxy) is 1. The Morgan fingerprint density at radius 1 is 1.35 bits per heavy atom. The Bertz CT molecular complexity index is 949. The number of rotatable bonds is 3. The first-order valence-corrected chi connectivity index (χ1v) is 8.26. The van der Waals surface area contributed by atoms with E-state index in [9.17, 15) is 24.1 Å². The number of halogens is 2. The number of hydrogen-bond acceptors (Lipinski definition) is 5. The first-order valence-electron chi connectivity index (χ1n) is 7.47. The molecule has 2 aromatic rings. The summed E-state index contributed by atoms with van der Waals surface area (Å²) in [6.45, 7) is 1.42. The molecule has 26 heavy (non-hydrogen) atoms. The normalized spacial score (nSPS) is 18.7. The standard InChI is InChI=1S/C17H12BrFN2O5/c1-17(8-9-6-10(19)2-4-12(9)15(22)26-17)16(23)20-14-5-3-11(21(24)25)7-13(14)18/h2-7H,8H2,1H3,(H,20,23). The highest BCUT2D eigenvalue weighted by Crippen LogP contribution is 2.32. The van der Waals surface area contributed by atoms with Gasteiger partial charge < -0.3 is 10.1 Å². The van der Waals surface area contributed by atoms with Gasteiger partial charge in [-0.15, -0.1) is 0 Å². The fraction of sp³-hybridized carbons (Fsp3) is 0.176. The van der Waals surface area contributed by atoms with E-state index in [1.165, 1.54) is 37.3 Å². The van der Waals surface area contributed by atoms with Crippen LogP contribution in [0.1, 0.15) is 22.8 Å². The van der Waals surface area contributed by atoms with Crippen molar-refractivity contribution in [3.05, 3.63) is 67.9 Å². The van der Waals surface area contributed by atoms with E-state index in [4.69, 9.17) is 4.74 Å². The number of benzene rings is 2. The van der Waals surface area contributed by atoms with Gasteiger partial charge in [-0.05, 0) is 52.7 Å². The van der Waals surface area contributed by atoms with Crippen molar-refractivity contribution in [2.24, 2.45) is 0 Å². The number of amides is 1. The van der Waals surface area contributed by atoms with E-state index in [1.54, 1.807) is 0 Å². The molecule has 2 aromatic carbocycles. The molecule has 1 unspecified atom stereocenters. The van der Waals surface area contributed by atoms with Crippen LogP contribution in [-0.4, -0.2) is 22.4 Å². The molecule has 1 aliphatic heterocycles. The number of nitrogens with zero attached hydrogens (tertiary/aromatic N) is 1. The van der Waals surface area contributed by atoms with Crippen LogP contribution in [0.5, 0.6) is 0 Å². The summed E-state index contributed by atoms with van der Waals surface area (Å²) in [5.74, 6) is -1.86. The minimum atomic E-state index is -1.54. The van der Waals surface area contributed by atoms with Crippen LogP contribution in [0.25, 0.3) is 0 Å². The van der Waals surface area contributed by atoms with E-state index in [0.29, 0.717) is 10.0 Å². The number of carbonyl (C=O) groups excluding carboxylic acids is 2. The molecule has 1 heterocycles. The number of esters is 1. The maximum absolute atomic E-state index is 13.5. The summed E-state index contributed by atoms with van der Waals surface area (Å²) < 4.78 is 19.0. The second-order valence-corrected chi connectivity index (χ2v) is 6.83. The van der Waals surface area contributed by atoms with Crippen LogP contribution in [-0.2, 0) is 16.0 Å². The summed E-state index contributed by atoms with van der Waals surface area (Å²) in [4.78, 5) is 35.0. The molecular weight excluding hydrogens is 411 g/mol. The number of carbonyl (C=O) groups is 2. The number of cyclic esters (lactones) is 1. The zero-order chi connectivity index (χ0) is 19.1. The third-order valence-electron chi connectivity index (χ3n) is 4.02. The maximum atomic E-state index is 13.5. The molecule has 1 aliphatic rings. The molecule has 1 amide bonds. The van der Waals surface area contributed by atoms with Gasteiger partial charge >= 0.3 is 5.97 Å².